The Labute approximate surface area is 192 Å². The molecule has 3 nitrogen and oxygen atoms in total. The Kier molecular flexibility index (Phi) is 7.62. The predicted molar refractivity (Wildman–Crippen MR) is 131 cm³/mol. The smallest absolute Gasteiger partial charge is 0.119 e. The summed E-state index contributed by atoms with van der Waals surface area (Å²) in [6.07, 6.45) is 4.35. The highest BCUT2D eigenvalue weighted by molar-refractivity contribution is 5.37. The van der Waals surface area contributed by atoms with Gasteiger partial charge in [-0.3, -0.25) is 0 Å². The van der Waals surface area contributed by atoms with E-state index in [2.05, 4.69) is 59.5 Å². The van der Waals surface area contributed by atoms with Crippen LogP contribution in [-0.4, -0.2) is 36.2 Å². The van der Waals surface area contributed by atoms with E-state index in [4.69, 9.17) is 4.74 Å². The van der Waals surface area contributed by atoms with Crippen LogP contribution in [0.2, 0.25) is 0 Å². The second-order valence-corrected chi connectivity index (χ2v) is 8.87. The number of ether oxygens (including phenoxy) is 1. The van der Waals surface area contributed by atoms with Crippen LogP contribution < -0.4 is 4.74 Å². The third-order valence-electron chi connectivity index (χ3n) is 6.65. The van der Waals surface area contributed by atoms with Crippen LogP contribution in [0, 0.1) is 0 Å². The molecule has 168 valence electrons. The van der Waals surface area contributed by atoms with Gasteiger partial charge in [0.25, 0.3) is 0 Å². The van der Waals surface area contributed by atoms with Gasteiger partial charge in [-0.1, -0.05) is 79.2 Å². The molecule has 0 spiro atoms. The van der Waals surface area contributed by atoms with Gasteiger partial charge in [-0.2, -0.15) is 0 Å². The first-order valence-corrected chi connectivity index (χ1v) is 12.0. The Balaban J connectivity index is 1.76. The van der Waals surface area contributed by atoms with E-state index in [0.29, 0.717) is 13.0 Å². The van der Waals surface area contributed by atoms with Crippen molar-refractivity contribution < 1.29 is 9.84 Å². The zero-order valence-corrected chi connectivity index (χ0v) is 19.1. The lowest BCUT2D eigenvalue weighted by Crippen LogP contribution is -2.44. The number of piperidine rings is 1. The van der Waals surface area contributed by atoms with Gasteiger partial charge in [0.1, 0.15) is 11.4 Å². The average Bonchev–Trinajstić information content (AvgIpc) is 2.85. The molecule has 1 fully saturated rings. The summed E-state index contributed by atoms with van der Waals surface area (Å²) < 4.78 is 5.67. The van der Waals surface area contributed by atoms with Crippen LogP contribution in [0.25, 0.3) is 0 Å². The molecule has 3 heteroatoms. The van der Waals surface area contributed by atoms with E-state index in [1.54, 1.807) is 0 Å². The van der Waals surface area contributed by atoms with Crippen molar-refractivity contribution in [1.29, 1.82) is 0 Å². The SMILES string of the molecule is CCOc1ccc([C@](O)(Cc2ccccc2)[C@H](CN2CCCCC2)c2ccccc2)cc1. The van der Waals surface area contributed by atoms with Crippen molar-refractivity contribution in [3.05, 3.63) is 102 Å². The molecule has 0 amide bonds. The summed E-state index contributed by atoms with van der Waals surface area (Å²) in [4.78, 5) is 2.53. The molecule has 0 radical (unpaired) electrons. The Morgan fingerprint density at radius 2 is 1.47 bits per heavy atom. The molecule has 4 rings (SSSR count). The van der Waals surface area contributed by atoms with Gasteiger partial charge >= 0.3 is 0 Å². The summed E-state index contributed by atoms with van der Waals surface area (Å²) in [5, 5.41) is 12.5. The number of benzene rings is 3. The quantitative estimate of drug-likeness (QED) is 0.468. The number of hydrogen-bond acceptors (Lipinski definition) is 3. The molecule has 0 aromatic heterocycles. The van der Waals surface area contributed by atoms with Crippen molar-refractivity contribution in [3.8, 4) is 5.75 Å². The van der Waals surface area contributed by atoms with Crippen LogP contribution in [0.5, 0.6) is 5.75 Å². The van der Waals surface area contributed by atoms with Crippen molar-refractivity contribution >= 4 is 0 Å². The van der Waals surface area contributed by atoms with E-state index in [9.17, 15) is 5.11 Å². The summed E-state index contributed by atoms with van der Waals surface area (Å²) in [5.41, 5.74) is 2.23. The van der Waals surface area contributed by atoms with E-state index >= 15 is 0 Å². The number of aliphatic hydroxyl groups is 1. The van der Waals surface area contributed by atoms with Crippen LogP contribution in [0.4, 0.5) is 0 Å². The van der Waals surface area contributed by atoms with E-state index < -0.39 is 5.60 Å². The maximum absolute atomic E-state index is 12.5. The summed E-state index contributed by atoms with van der Waals surface area (Å²) in [5.74, 6) is 0.797. The van der Waals surface area contributed by atoms with Crippen molar-refractivity contribution in [2.45, 2.75) is 44.1 Å². The standard InChI is InChI=1S/C29H35NO2/c1-2-32-27-18-16-26(17-19-27)29(31,22-24-12-6-3-7-13-24)28(25-14-8-4-9-15-25)23-30-20-10-5-11-21-30/h3-4,6-9,12-19,28,31H,2,5,10-11,20-23H2,1H3/t28-,29-/m1/s1. The molecular weight excluding hydrogens is 394 g/mol. The fourth-order valence-corrected chi connectivity index (χ4v) is 4.96. The largest absolute Gasteiger partial charge is 0.494 e. The zero-order chi connectivity index (χ0) is 22.2. The van der Waals surface area contributed by atoms with Gasteiger partial charge in [-0.25, -0.2) is 0 Å². The maximum atomic E-state index is 12.5. The maximum Gasteiger partial charge on any atom is 0.119 e. The van der Waals surface area contributed by atoms with Gasteiger partial charge in [0.05, 0.1) is 6.61 Å². The van der Waals surface area contributed by atoms with Crippen LogP contribution in [0.1, 0.15) is 48.8 Å². The summed E-state index contributed by atoms with van der Waals surface area (Å²) >= 11 is 0. The van der Waals surface area contributed by atoms with Crippen molar-refractivity contribution in [3.63, 3.8) is 0 Å². The van der Waals surface area contributed by atoms with Crippen molar-refractivity contribution in [1.82, 2.24) is 4.90 Å². The van der Waals surface area contributed by atoms with E-state index in [1.807, 2.05) is 37.3 Å². The Hall–Kier alpha value is -2.62. The van der Waals surface area contributed by atoms with Crippen molar-refractivity contribution in [2.75, 3.05) is 26.2 Å². The molecule has 0 saturated carbocycles. The van der Waals surface area contributed by atoms with Crippen LogP contribution in [-0.2, 0) is 12.0 Å². The summed E-state index contributed by atoms with van der Waals surface area (Å²) in [6, 6.07) is 29.0. The molecule has 0 bridgehead atoms. The highest BCUT2D eigenvalue weighted by atomic mass is 16.5. The molecule has 0 unspecified atom stereocenters. The molecule has 32 heavy (non-hydrogen) atoms. The molecule has 3 aromatic rings. The fourth-order valence-electron chi connectivity index (χ4n) is 4.96. The van der Waals surface area contributed by atoms with Gasteiger partial charge in [0.15, 0.2) is 0 Å². The summed E-state index contributed by atoms with van der Waals surface area (Å²) in [6.45, 7) is 5.68. The Bertz CT molecular complexity index is 936. The third kappa shape index (κ3) is 5.40. The van der Waals surface area contributed by atoms with E-state index in [-0.39, 0.29) is 5.92 Å². The van der Waals surface area contributed by atoms with Gasteiger partial charge in [-0.15, -0.1) is 0 Å². The minimum atomic E-state index is -1.04. The number of nitrogens with zero attached hydrogens (tertiary/aromatic N) is 1. The Morgan fingerprint density at radius 3 is 2.09 bits per heavy atom. The lowest BCUT2D eigenvalue weighted by atomic mass is 9.73. The first-order valence-electron chi connectivity index (χ1n) is 12.0. The van der Waals surface area contributed by atoms with Gasteiger partial charge < -0.3 is 14.7 Å². The predicted octanol–water partition coefficient (Wildman–Crippen LogP) is 5.79. The third-order valence-corrected chi connectivity index (χ3v) is 6.65. The average molecular weight is 430 g/mol. The van der Waals surface area contributed by atoms with Gasteiger partial charge in [0.2, 0.25) is 0 Å². The molecule has 3 aromatic carbocycles. The van der Waals surface area contributed by atoms with E-state index in [1.165, 1.54) is 24.8 Å². The minimum absolute atomic E-state index is 0.0417. The second kappa shape index (κ2) is 10.8. The first kappa shape index (κ1) is 22.6. The van der Waals surface area contributed by atoms with Gasteiger partial charge in [-0.05, 0) is 61.7 Å². The molecule has 1 N–H and O–H groups in total. The lowest BCUT2D eigenvalue weighted by molar-refractivity contribution is -0.00677. The molecule has 1 saturated heterocycles. The number of likely N-dealkylation sites (tertiary alicyclic amines) is 1. The molecule has 2 atom stereocenters. The molecule has 1 heterocycles. The molecular formula is C29H35NO2. The van der Waals surface area contributed by atoms with Gasteiger partial charge in [0, 0.05) is 18.9 Å². The first-order chi connectivity index (χ1) is 15.7. The second-order valence-electron chi connectivity index (χ2n) is 8.87. The topological polar surface area (TPSA) is 32.7 Å². The van der Waals surface area contributed by atoms with Crippen molar-refractivity contribution in [2.24, 2.45) is 0 Å². The van der Waals surface area contributed by atoms with Crippen LogP contribution >= 0.6 is 0 Å². The normalized spacial score (nSPS) is 17.4. The van der Waals surface area contributed by atoms with E-state index in [0.717, 1.165) is 36.5 Å². The fraction of sp³-hybridized carbons (Fsp3) is 0.379. The molecule has 1 aliphatic rings. The van der Waals surface area contributed by atoms with Crippen LogP contribution in [0.15, 0.2) is 84.9 Å². The summed E-state index contributed by atoms with van der Waals surface area (Å²) in [7, 11) is 0. The lowest BCUT2D eigenvalue weighted by Gasteiger charge is -2.41. The zero-order valence-electron chi connectivity index (χ0n) is 19.1. The number of hydrogen-bond donors (Lipinski definition) is 1. The molecule has 0 aliphatic carbocycles. The molecule has 1 aliphatic heterocycles. The minimum Gasteiger partial charge on any atom is -0.494 e. The Morgan fingerprint density at radius 1 is 0.844 bits per heavy atom. The van der Waals surface area contributed by atoms with Crippen LogP contribution in [0.3, 0.4) is 0 Å². The highest BCUT2D eigenvalue weighted by Crippen LogP contribution is 2.41. The monoisotopic (exact) mass is 429 g/mol. The highest BCUT2D eigenvalue weighted by Gasteiger charge is 2.40. The number of rotatable bonds is 9.